The molecule has 92 valence electrons. The third kappa shape index (κ3) is 2.72. The van der Waals surface area contributed by atoms with Crippen LogP contribution in [0.15, 0.2) is 18.3 Å². The summed E-state index contributed by atoms with van der Waals surface area (Å²) < 4.78 is 12.6. The summed E-state index contributed by atoms with van der Waals surface area (Å²) in [7, 11) is 0. The van der Waals surface area contributed by atoms with E-state index in [1.54, 1.807) is 6.07 Å². The summed E-state index contributed by atoms with van der Waals surface area (Å²) in [6, 6.07) is 3.22. The van der Waals surface area contributed by atoms with Crippen molar-refractivity contribution in [1.82, 2.24) is 4.98 Å². The number of halogens is 1. The Kier molecular flexibility index (Phi) is 3.56. The zero-order valence-corrected chi connectivity index (χ0v) is 9.47. The molecule has 1 aromatic heterocycles. The molecular weight excluding hydrogens is 223 g/mol. The summed E-state index contributed by atoms with van der Waals surface area (Å²) in [5, 5.41) is 8.76. The summed E-state index contributed by atoms with van der Waals surface area (Å²) >= 11 is 0. The number of aromatic nitrogens is 1. The molecule has 0 spiro atoms. The van der Waals surface area contributed by atoms with Gasteiger partial charge in [0.1, 0.15) is 5.82 Å². The van der Waals surface area contributed by atoms with E-state index in [-0.39, 0.29) is 18.2 Å². The van der Waals surface area contributed by atoms with Gasteiger partial charge in [-0.1, -0.05) is 0 Å². The van der Waals surface area contributed by atoms with Crippen molar-refractivity contribution in [3.05, 3.63) is 23.9 Å². The highest BCUT2D eigenvalue weighted by molar-refractivity contribution is 5.87. The molecule has 0 unspecified atom stereocenters. The standard InChI is InChI=1S/C12H15FN2O2/c13-6-9-2-1-5-15(8-9)11-4-3-10(7-14-11)12(16)17/h3-4,7,9H,1-2,5-6,8H2,(H,16,17)/t9-/m0/s1. The number of aromatic carboxylic acids is 1. The number of carboxylic acid groups (broad SMARTS) is 1. The van der Waals surface area contributed by atoms with Crippen molar-refractivity contribution in [2.75, 3.05) is 24.7 Å². The Bertz CT molecular complexity index is 394. The first-order chi connectivity index (χ1) is 8.20. The summed E-state index contributed by atoms with van der Waals surface area (Å²) in [5.74, 6) is -0.179. The summed E-state index contributed by atoms with van der Waals surface area (Å²) in [6.07, 6.45) is 3.22. The number of hydrogen-bond acceptors (Lipinski definition) is 3. The van der Waals surface area contributed by atoms with Gasteiger partial charge in [0.2, 0.25) is 0 Å². The highest BCUT2D eigenvalue weighted by Gasteiger charge is 2.20. The molecule has 0 saturated carbocycles. The van der Waals surface area contributed by atoms with Crippen LogP contribution in [0, 0.1) is 5.92 Å². The fraction of sp³-hybridized carbons (Fsp3) is 0.500. The zero-order valence-electron chi connectivity index (χ0n) is 9.47. The number of alkyl halides is 1. The Balaban J connectivity index is 2.08. The van der Waals surface area contributed by atoms with Gasteiger partial charge >= 0.3 is 5.97 Å². The van der Waals surface area contributed by atoms with Gasteiger partial charge in [0.15, 0.2) is 0 Å². The molecule has 1 N–H and O–H groups in total. The Labute approximate surface area is 99.1 Å². The lowest BCUT2D eigenvalue weighted by molar-refractivity contribution is 0.0696. The normalized spacial score (nSPS) is 20.3. The van der Waals surface area contributed by atoms with Crippen LogP contribution in [0.2, 0.25) is 0 Å². The van der Waals surface area contributed by atoms with Crippen LogP contribution >= 0.6 is 0 Å². The Morgan fingerprint density at radius 1 is 1.59 bits per heavy atom. The quantitative estimate of drug-likeness (QED) is 0.874. The number of rotatable bonds is 3. The lowest BCUT2D eigenvalue weighted by Crippen LogP contribution is -2.36. The first-order valence-corrected chi connectivity index (χ1v) is 5.71. The van der Waals surface area contributed by atoms with E-state index in [2.05, 4.69) is 4.98 Å². The molecule has 1 aliphatic rings. The van der Waals surface area contributed by atoms with Crippen LogP contribution in [0.5, 0.6) is 0 Å². The Hall–Kier alpha value is -1.65. The number of anilines is 1. The van der Waals surface area contributed by atoms with Crippen molar-refractivity contribution in [2.45, 2.75) is 12.8 Å². The van der Waals surface area contributed by atoms with Crippen molar-refractivity contribution in [1.29, 1.82) is 0 Å². The maximum atomic E-state index is 12.6. The molecule has 1 fully saturated rings. The molecule has 0 amide bonds. The number of carboxylic acids is 1. The van der Waals surface area contributed by atoms with Crippen LogP contribution in [0.25, 0.3) is 0 Å². The second-order valence-corrected chi connectivity index (χ2v) is 4.32. The minimum absolute atomic E-state index is 0.0738. The van der Waals surface area contributed by atoms with Crippen LogP contribution in [0.4, 0.5) is 10.2 Å². The van der Waals surface area contributed by atoms with Crippen molar-refractivity contribution in [2.24, 2.45) is 5.92 Å². The average molecular weight is 238 g/mol. The van der Waals surface area contributed by atoms with Gasteiger partial charge in [-0.3, -0.25) is 4.39 Å². The van der Waals surface area contributed by atoms with Gasteiger partial charge in [0.25, 0.3) is 0 Å². The number of piperidine rings is 1. The predicted octanol–water partition coefficient (Wildman–Crippen LogP) is 1.97. The van der Waals surface area contributed by atoms with E-state index in [1.807, 2.05) is 4.90 Å². The smallest absolute Gasteiger partial charge is 0.337 e. The molecule has 2 heterocycles. The van der Waals surface area contributed by atoms with E-state index in [0.29, 0.717) is 6.54 Å². The molecule has 1 aromatic rings. The fourth-order valence-electron chi connectivity index (χ4n) is 2.10. The first-order valence-electron chi connectivity index (χ1n) is 5.71. The maximum absolute atomic E-state index is 12.6. The molecule has 0 bridgehead atoms. The van der Waals surface area contributed by atoms with Crippen molar-refractivity contribution < 1.29 is 14.3 Å². The van der Waals surface area contributed by atoms with Crippen LogP contribution < -0.4 is 4.90 Å². The molecule has 0 radical (unpaired) electrons. The van der Waals surface area contributed by atoms with Crippen LogP contribution in [0.1, 0.15) is 23.2 Å². The molecule has 2 rings (SSSR count). The third-order valence-corrected chi connectivity index (χ3v) is 3.06. The molecule has 0 aliphatic carbocycles. The van der Waals surface area contributed by atoms with Crippen LogP contribution in [-0.2, 0) is 0 Å². The summed E-state index contributed by atoms with van der Waals surface area (Å²) in [5.41, 5.74) is 0.174. The molecule has 17 heavy (non-hydrogen) atoms. The third-order valence-electron chi connectivity index (χ3n) is 3.06. The highest BCUT2D eigenvalue weighted by Crippen LogP contribution is 2.21. The molecule has 5 heteroatoms. The van der Waals surface area contributed by atoms with Crippen LogP contribution in [-0.4, -0.2) is 35.8 Å². The molecule has 1 saturated heterocycles. The van der Waals surface area contributed by atoms with Gasteiger partial charge in [0, 0.05) is 25.2 Å². The van der Waals surface area contributed by atoms with E-state index in [4.69, 9.17) is 5.11 Å². The van der Waals surface area contributed by atoms with E-state index in [1.165, 1.54) is 12.3 Å². The van der Waals surface area contributed by atoms with Gasteiger partial charge in [-0.25, -0.2) is 9.78 Å². The largest absolute Gasteiger partial charge is 0.478 e. The number of pyridine rings is 1. The van der Waals surface area contributed by atoms with Gasteiger partial charge < -0.3 is 10.0 Å². The van der Waals surface area contributed by atoms with E-state index in [0.717, 1.165) is 25.2 Å². The number of carbonyl (C=O) groups is 1. The highest BCUT2D eigenvalue weighted by atomic mass is 19.1. The monoisotopic (exact) mass is 238 g/mol. The molecule has 4 nitrogen and oxygen atoms in total. The predicted molar refractivity (Wildman–Crippen MR) is 62.1 cm³/mol. The Morgan fingerprint density at radius 2 is 2.41 bits per heavy atom. The zero-order chi connectivity index (χ0) is 12.3. The maximum Gasteiger partial charge on any atom is 0.337 e. The topological polar surface area (TPSA) is 53.4 Å². The van der Waals surface area contributed by atoms with Crippen molar-refractivity contribution in [3.8, 4) is 0 Å². The van der Waals surface area contributed by atoms with Crippen molar-refractivity contribution >= 4 is 11.8 Å². The van der Waals surface area contributed by atoms with E-state index >= 15 is 0 Å². The van der Waals surface area contributed by atoms with Crippen molar-refractivity contribution in [3.63, 3.8) is 0 Å². The van der Waals surface area contributed by atoms with Gasteiger partial charge in [0.05, 0.1) is 12.2 Å². The minimum Gasteiger partial charge on any atom is -0.478 e. The molecule has 0 aromatic carbocycles. The van der Waals surface area contributed by atoms with E-state index in [9.17, 15) is 9.18 Å². The summed E-state index contributed by atoms with van der Waals surface area (Å²) in [4.78, 5) is 16.8. The summed E-state index contributed by atoms with van der Waals surface area (Å²) in [6.45, 7) is 1.22. The fourth-order valence-corrected chi connectivity index (χ4v) is 2.10. The second kappa shape index (κ2) is 5.12. The lowest BCUT2D eigenvalue weighted by Gasteiger charge is -2.32. The van der Waals surface area contributed by atoms with E-state index < -0.39 is 5.97 Å². The Morgan fingerprint density at radius 3 is 3.00 bits per heavy atom. The second-order valence-electron chi connectivity index (χ2n) is 4.32. The molecular formula is C12H15FN2O2. The number of nitrogens with zero attached hydrogens (tertiary/aromatic N) is 2. The van der Waals surface area contributed by atoms with Gasteiger partial charge in [-0.05, 0) is 25.0 Å². The number of hydrogen-bond donors (Lipinski definition) is 1. The molecule has 1 atom stereocenters. The minimum atomic E-state index is -0.982. The lowest BCUT2D eigenvalue weighted by atomic mass is 9.99. The van der Waals surface area contributed by atoms with Gasteiger partial charge in [-0.15, -0.1) is 0 Å². The average Bonchev–Trinajstić information content (AvgIpc) is 2.39. The molecule has 1 aliphatic heterocycles. The first kappa shape index (κ1) is 11.8. The van der Waals surface area contributed by atoms with Gasteiger partial charge in [-0.2, -0.15) is 0 Å². The van der Waals surface area contributed by atoms with Crippen LogP contribution in [0.3, 0.4) is 0 Å². The SMILES string of the molecule is O=C(O)c1ccc(N2CCC[C@@H](CF)C2)nc1.